The van der Waals surface area contributed by atoms with Crippen molar-refractivity contribution in [2.75, 3.05) is 22.5 Å². The number of anilines is 2. The molecule has 2 aromatic carbocycles. The van der Waals surface area contributed by atoms with Crippen LogP contribution in [0.2, 0.25) is 0 Å². The smallest absolute Gasteiger partial charge is 0.230 e. The zero-order valence-electron chi connectivity index (χ0n) is 17.3. The summed E-state index contributed by atoms with van der Waals surface area (Å²) in [5.74, 6) is -1.61. The third-order valence-corrected chi connectivity index (χ3v) is 8.02. The monoisotopic (exact) mass is 477 g/mol. The quantitative estimate of drug-likeness (QED) is 0.582. The molecule has 32 heavy (non-hydrogen) atoms. The SMILES string of the molecule is CCS(=O)(=O)c1ccc(CC(=O)Nc2nc3c(s2)CN(c2ccccc2F)CC3)c(F)c1. The van der Waals surface area contributed by atoms with Crippen molar-refractivity contribution in [2.45, 2.75) is 31.2 Å². The lowest BCUT2D eigenvalue weighted by atomic mass is 10.1. The highest BCUT2D eigenvalue weighted by Crippen LogP contribution is 2.32. The van der Waals surface area contributed by atoms with Gasteiger partial charge in [-0.1, -0.05) is 36.5 Å². The number of fused-ring (bicyclic) bond motifs is 1. The van der Waals surface area contributed by atoms with Gasteiger partial charge in [-0.15, -0.1) is 0 Å². The molecule has 0 aliphatic carbocycles. The van der Waals surface area contributed by atoms with E-state index in [1.165, 1.54) is 36.5 Å². The number of para-hydroxylation sites is 1. The third kappa shape index (κ3) is 4.66. The average molecular weight is 478 g/mol. The summed E-state index contributed by atoms with van der Waals surface area (Å²) in [4.78, 5) is 19.7. The van der Waals surface area contributed by atoms with Crippen LogP contribution >= 0.6 is 11.3 Å². The molecule has 168 valence electrons. The van der Waals surface area contributed by atoms with E-state index in [-0.39, 0.29) is 28.4 Å². The second-order valence-electron chi connectivity index (χ2n) is 7.39. The first-order valence-corrected chi connectivity index (χ1v) is 12.5. The number of aromatic nitrogens is 1. The second-order valence-corrected chi connectivity index (χ2v) is 10.8. The number of nitrogens with one attached hydrogen (secondary N) is 1. The number of thiazole rings is 1. The number of carbonyl (C=O) groups excluding carboxylic acids is 1. The number of sulfone groups is 1. The minimum Gasteiger partial charge on any atom is -0.364 e. The summed E-state index contributed by atoms with van der Waals surface area (Å²) >= 11 is 1.31. The molecule has 0 bridgehead atoms. The number of rotatable bonds is 6. The van der Waals surface area contributed by atoms with Gasteiger partial charge in [0.15, 0.2) is 15.0 Å². The Kier molecular flexibility index (Phi) is 6.25. The molecule has 1 aromatic heterocycles. The van der Waals surface area contributed by atoms with Crippen molar-refractivity contribution in [3.05, 3.63) is 70.2 Å². The molecule has 1 aliphatic rings. The molecule has 0 saturated heterocycles. The number of halogens is 2. The highest BCUT2D eigenvalue weighted by molar-refractivity contribution is 7.91. The summed E-state index contributed by atoms with van der Waals surface area (Å²) in [7, 11) is -3.52. The van der Waals surface area contributed by atoms with Gasteiger partial charge in [0.1, 0.15) is 11.6 Å². The lowest BCUT2D eigenvalue weighted by Crippen LogP contribution is -2.30. The molecule has 0 radical (unpaired) electrons. The molecule has 1 amide bonds. The maximum Gasteiger partial charge on any atom is 0.230 e. The van der Waals surface area contributed by atoms with E-state index in [1.54, 1.807) is 18.2 Å². The first-order valence-electron chi connectivity index (χ1n) is 10.1. The Morgan fingerprint density at radius 1 is 1.19 bits per heavy atom. The maximum absolute atomic E-state index is 14.3. The predicted molar refractivity (Wildman–Crippen MR) is 120 cm³/mol. The molecule has 0 unspecified atom stereocenters. The highest BCUT2D eigenvalue weighted by atomic mass is 32.2. The van der Waals surface area contributed by atoms with Gasteiger partial charge in [-0.25, -0.2) is 22.2 Å². The predicted octanol–water partition coefficient (Wildman–Crippen LogP) is 3.96. The molecule has 0 fully saturated rings. The van der Waals surface area contributed by atoms with Crippen molar-refractivity contribution < 1.29 is 22.0 Å². The fourth-order valence-electron chi connectivity index (χ4n) is 3.53. The Bertz CT molecular complexity index is 1280. The Balaban J connectivity index is 1.43. The number of amides is 1. The fourth-order valence-corrected chi connectivity index (χ4v) is 5.46. The fraction of sp³-hybridized carbons (Fsp3) is 0.273. The van der Waals surface area contributed by atoms with Gasteiger partial charge < -0.3 is 10.2 Å². The molecule has 6 nitrogen and oxygen atoms in total. The molecule has 0 saturated carbocycles. The van der Waals surface area contributed by atoms with Crippen LogP contribution in [0.4, 0.5) is 19.6 Å². The minimum absolute atomic E-state index is 0.101. The number of nitrogens with zero attached hydrogens (tertiary/aromatic N) is 2. The van der Waals surface area contributed by atoms with Crippen molar-refractivity contribution in [2.24, 2.45) is 0 Å². The van der Waals surface area contributed by atoms with Crippen LogP contribution in [0.1, 0.15) is 23.1 Å². The van der Waals surface area contributed by atoms with E-state index in [1.807, 2.05) is 4.90 Å². The second kappa shape index (κ2) is 8.95. The largest absolute Gasteiger partial charge is 0.364 e. The van der Waals surface area contributed by atoms with Crippen molar-refractivity contribution in [3.63, 3.8) is 0 Å². The van der Waals surface area contributed by atoms with E-state index in [0.717, 1.165) is 16.6 Å². The number of benzene rings is 2. The van der Waals surface area contributed by atoms with Crippen molar-refractivity contribution in [3.8, 4) is 0 Å². The minimum atomic E-state index is -3.52. The first kappa shape index (κ1) is 22.3. The summed E-state index contributed by atoms with van der Waals surface area (Å²) in [6, 6.07) is 10.2. The molecular weight excluding hydrogens is 456 g/mol. The van der Waals surface area contributed by atoms with E-state index in [2.05, 4.69) is 10.3 Å². The molecule has 1 aliphatic heterocycles. The van der Waals surface area contributed by atoms with Crippen LogP contribution in [0, 0.1) is 11.6 Å². The topological polar surface area (TPSA) is 79.4 Å². The van der Waals surface area contributed by atoms with Gasteiger partial charge in [0, 0.05) is 17.8 Å². The average Bonchev–Trinajstić information content (AvgIpc) is 3.16. The molecule has 3 aromatic rings. The summed E-state index contributed by atoms with van der Waals surface area (Å²) in [6.45, 7) is 2.59. The maximum atomic E-state index is 14.3. The van der Waals surface area contributed by atoms with Gasteiger partial charge in [0.2, 0.25) is 5.91 Å². The molecule has 2 heterocycles. The molecule has 1 N–H and O–H groups in total. The van der Waals surface area contributed by atoms with Crippen LogP contribution in [-0.4, -0.2) is 31.6 Å². The van der Waals surface area contributed by atoms with Crippen LogP contribution < -0.4 is 10.2 Å². The van der Waals surface area contributed by atoms with Crippen molar-refractivity contribution >= 4 is 37.9 Å². The summed E-state index contributed by atoms with van der Waals surface area (Å²) in [5, 5.41) is 3.09. The molecule has 0 spiro atoms. The summed E-state index contributed by atoms with van der Waals surface area (Å²) in [6.07, 6.45) is 0.377. The van der Waals surface area contributed by atoms with Crippen LogP contribution in [0.25, 0.3) is 0 Å². The van der Waals surface area contributed by atoms with Crippen molar-refractivity contribution in [1.29, 1.82) is 0 Å². The lowest BCUT2D eigenvalue weighted by Gasteiger charge is -2.28. The van der Waals surface area contributed by atoms with E-state index >= 15 is 0 Å². The standard InChI is InChI=1S/C22H21F2N3O3S2/c1-2-32(29,30)15-8-7-14(17(24)12-15)11-21(28)26-22-25-18-9-10-27(13-20(18)31-22)19-6-4-3-5-16(19)23/h3-8,12H,2,9-11,13H2,1H3,(H,25,26,28). The zero-order chi connectivity index (χ0) is 22.9. The lowest BCUT2D eigenvalue weighted by molar-refractivity contribution is -0.115. The third-order valence-electron chi connectivity index (χ3n) is 5.29. The van der Waals surface area contributed by atoms with Crippen LogP contribution in [0.15, 0.2) is 47.4 Å². The normalized spacial score (nSPS) is 13.7. The van der Waals surface area contributed by atoms with E-state index in [9.17, 15) is 22.0 Å². The molecular formula is C22H21F2N3O3S2. The van der Waals surface area contributed by atoms with Gasteiger partial charge in [-0.05, 0) is 29.8 Å². The van der Waals surface area contributed by atoms with E-state index in [4.69, 9.17) is 0 Å². The van der Waals surface area contributed by atoms with Gasteiger partial charge in [-0.2, -0.15) is 0 Å². The molecule has 10 heteroatoms. The Labute approximate surface area is 188 Å². The van der Waals surface area contributed by atoms with Gasteiger partial charge in [0.25, 0.3) is 0 Å². The number of hydrogen-bond acceptors (Lipinski definition) is 6. The van der Waals surface area contributed by atoms with Crippen molar-refractivity contribution in [1.82, 2.24) is 4.98 Å². The molecule has 4 rings (SSSR count). The van der Waals surface area contributed by atoms with Gasteiger partial charge in [0.05, 0.1) is 35.0 Å². The van der Waals surface area contributed by atoms with Gasteiger partial charge in [-0.3, -0.25) is 4.79 Å². The Morgan fingerprint density at radius 3 is 2.69 bits per heavy atom. The summed E-state index contributed by atoms with van der Waals surface area (Å²) < 4.78 is 52.2. The van der Waals surface area contributed by atoms with E-state index in [0.29, 0.717) is 30.3 Å². The van der Waals surface area contributed by atoms with Crippen LogP contribution in [-0.2, 0) is 34.0 Å². The Morgan fingerprint density at radius 2 is 1.97 bits per heavy atom. The number of carbonyl (C=O) groups is 1. The van der Waals surface area contributed by atoms with E-state index < -0.39 is 21.6 Å². The summed E-state index contributed by atoms with van der Waals surface area (Å²) in [5.41, 5.74) is 1.49. The highest BCUT2D eigenvalue weighted by Gasteiger charge is 2.23. The number of hydrogen-bond donors (Lipinski definition) is 1. The zero-order valence-corrected chi connectivity index (χ0v) is 18.9. The van der Waals surface area contributed by atoms with Crippen LogP contribution in [0.3, 0.4) is 0 Å². The molecule has 0 atom stereocenters. The van der Waals surface area contributed by atoms with Gasteiger partial charge >= 0.3 is 0 Å². The Hall–Kier alpha value is -2.85. The van der Waals surface area contributed by atoms with Crippen LogP contribution in [0.5, 0.6) is 0 Å². The first-order chi connectivity index (χ1) is 15.3.